The van der Waals surface area contributed by atoms with Gasteiger partial charge in [-0.3, -0.25) is 0 Å². The van der Waals surface area contributed by atoms with Gasteiger partial charge in [-0.15, -0.1) is 11.3 Å². The third-order valence-electron chi connectivity index (χ3n) is 2.50. The average Bonchev–Trinajstić information content (AvgIpc) is 2.97. The first-order valence-electron chi connectivity index (χ1n) is 5.36. The Morgan fingerprint density at radius 1 is 1.44 bits per heavy atom. The highest BCUT2D eigenvalue weighted by atomic mass is 35.5. The SMILES string of the molecule is COCc1cc(Cl)n2nc(-c3cccs3)cc2n1. The van der Waals surface area contributed by atoms with Crippen LogP contribution in [-0.4, -0.2) is 21.7 Å². The molecule has 0 aliphatic rings. The van der Waals surface area contributed by atoms with Gasteiger partial charge in [0.05, 0.1) is 17.2 Å². The second kappa shape index (κ2) is 4.68. The van der Waals surface area contributed by atoms with E-state index >= 15 is 0 Å². The molecule has 0 saturated carbocycles. The molecule has 6 heteroatoms. The number of thiophene rings is 1. The molecule has 18 heavy (non-hydrogen) atoms. The summed E-state index contributed by atoms with van der Waals surface area (Å²) in [4.78, 5) is 5.55. The normalized spacial score (nSPS) is 11.2. The first-order chi connectivity index (χ1) is 8.78. The maximum absolute atomic E-state index is 6.18. The number of hydrogen-bond donors (Lipinski definition) is 0. The van der Waals surface area contributed by atoms with Crippen LogP contribution in [0.1, 0.15) is 5.69 Å². The lowest BCUT2D eigenvalue weighted by Gasteiger charge is -2.01. The number of fused-ring (bicyclic) bond motifs is 1. The van der Waals surface area contributed by atoms with E-state index < -0.39 is 0 Å². The van der Waals surface area contributed by atoms with E-state index in [1.807, 2.05) is 23.6 Å². The molecule has 3 heterocycles. The fourth-order valence-corrected chi connectivity index (χ4v) is 2.68. The molecule has 0 fully saturated rings. The van der Waals surface area contributed by atoms with Crippen LogP contribution in [0.2, 0.25) is 5.15 Å². The average molecular weight is 280 g/mol. The van der Waals surface area contributed by atoms with Gasteiger partial charge < -0.3 is 4.74 Å². The van der Waals surface area contributed by atoms with Crippen molar-refractivity contribution in [2.45, 2.75) is 6.61 Å². The van der Waals surface area contributed by atoms with Gasteiger partial charge in [-0.2, -0.15) is 5.10 Å². The summed E-state index contributed by atoms with van der Waals surface area (Å²) in [6.45, 7) is 0.440. The molecule has 0 radical (unpaired) electrons. The predicted octanol–water partition coefficient (Wildman–Crippen LogP) is 3.26. The number of rotatable bonds is 3. The maximum Gasteiger partial charge on any atom is 0.157 e. The van der Waals surface area contributed by atoms with E-state index in [1.165, 1.54) is 0 Å². The van der Waals surface area contributed by atoms with E-state index in [2.05, 4.69) is 10.1 Å². The Kier molecular flexibility index (Phi) is 3.03. The molecular formula is C12H10ClN3OS. The molecule has 0 amide bonds. The van der Waals surface area contributed by atoms with Crippen LogP contribution >= 0.6 is 22.9 Å². The van der Waals surface area contributed by atoms with Crippen molar-refractivity contribution in [3.05, 3.63) is 40.5 Å². The van der Waals surface area contributed by atoms with Crippen LogP contribution in [0.3, 0.4) is 0 Å². The van der Waals surface area contributed by atoms with Gasteiger partial charge in [0.2, 0.25) is 0 Å². The smallest absolute Gasteiger partial charge is 0.157 e. The molecule has 0 bridgehead atoms. The summed E-state index contributed by atoms with van der Waals surface area (Å²) in [5.41, 5.74) is 2.42. The van der Waals surface area contributed by atoms with Crippen molar-refractivity contribution in [1.29, 1.82) is 0 Å². The molecule has 0 aromatic carbocycles. The van der Waals surface area contributed by atoms with Crippen LogP contribution in [0.25, 0.3) is 16.2 Å². The van der Waals surface area contributed by atoms with Crippen LogP contribution in [-0.2, 0) is 11.3 Å². The van der Waals surface area contributed by atoms with Crippen molar-refractivity contribution >= 4 is 28.6 Å². The van der Waals surface area contributed by atoms with E-state index in [9.17, 15) is 0 Å². The third-order valence-corrected chi connectivity index (χ3v) is 3.66. The summed E-state index contributed by atoms with van der Waals surface area (Å²) in [6.07, 6.45) is 0. The molecule has 0 aliphatic carbocycles. The van der Waals surface area contributed by atoms with Crippen LogP contribution in [0.15, 0.2) is 29.6 Å². The number of halogens is 1. The van der Waals surface area contributed by atoms with E-state index in [1.54, 1.807) is 29.0 Å². The lowest BCUT2D eigenvalue weighted by Crippen LogP contribution is -1.98. The zero-order chi connectivity index (χ0) is 12.5. The standard InChI is InChI=1S/C12H10ClN3OS/c1-17-7-8-5-11(13)16-12(14-8)6-9(15-16)10-3-2-4-18-10/h2-6H,7H2,1H3. The molecule has 4 nitrogen and oxygen atoms in total. The van der Waals surface area contributed by atoms with Gasteiger partial charge in [-0.1, -0.05) is 17.7 Å². The fourth-order valence-electron chi connectivity index (χ4n) is 1.75. The minimum atomic E-state index is 0.440. The summed E-state index contributed by atoms with van der Waals surface area (Å²) in [5, 5.41) is 7.00. The number of nitrogens with zero attached hydrogens (tertiary/aromatic N) is 3. The van der Waals surface area contributed by atoms with E-state index in [4.69, 9.17) is 16.3 Å². The van der Waals surface area contributed by atoms with E-state index in [-0.39, 0.29) is 0 Å². The Bertz CT molecular complexity index is 678. The molecule has 3 aromatic heterocycles. The Morgan fingerprint density at radius 3 is 3.06 bits per heavy atom. The zero-order valence-corrected chi connectivity index (χ0v) is 11.2. The van der Waals surface area contributed by atoms with Crippen molar-refractivity contribution < 1.29 is 4.74 Å². The summed E-state index contributed by atoms with van der Waals surface area (Å²) in [5.74, 6) is 0. The number of methoxy groups -OCH3 is 1. The largest absolute Gasteiger partial charge is 0.378 e. The van der Waals surface area contributed by atoms with Gasteiger partial charge in [-0.05, 0) is 17.5 Å². The summed E-state index contributed by atoms with van der Waals surface area (Å²) in [6, 6.07) is 7.71. The van der Waals surface area contributed by atoms with E-state index in [0.717, 1.165) is 21.9 Å². The molecule has 0 aliphatic heterocycles. The molecule has 92 valence electrons. The molecular weight excluding hydrogens is 270 g/mol. The van der Waals surface area contributed by atoms with Crippen molar-refractivity contribution in [2.75, 3.05) is 7.11 Å². The van der Waals surface area contributed by atoms with Crippen LogP contribution in [0.4, 0.5) is 0 Å². The minimum absolute atomic E-state index is 0.440. The Hall–Kier alpha value is -1.43. The van der Waals surface area contributed by atoms with Crippen molar-refractivity contribution in [1.82, 2.24) is 14.6 Å². The quantitative estimate of drug-likeness (QED) is 0.691. The van der Waals surface area contributed by atoms with Crippen LogP contribution < -0.4 is 0 Å². The van der Waals surface area contributed by atoms with Crippen molar-refractivity contribution in [3.63, 3.8) is 0 Å². The van der Waals surface area contributed by atoms with Gasteiger partial charge in [-0.25, -0.2) is 9.50 Å². The minimum Gasteiger partial charge on any atom is -0.378 e. The van der Waals surface area contributed by atoms with Crippen LogP contribution in [0, 0.1) is 0 Å². The second-order valence-corrected chi connectivity index (χ2v) is 5.12. The highest BCUT2D eigenvalue weighted by Gasteiger charge is 2.10. The Morgan fingerprint density at radius 2 is 2.33 bits per heavy atom. The molecule has 3 aromatic rings. The summed E-state index contributed by atoms with van der Waals surface area (Å²) in [7, 11) is 1.63. The highest BCUT2D eigenvalue weighted by molar-refractivity contribution is 7.13. The molecule has 0 unspecified atom stereocenters. The lowest BCUT2D eigenvalue weighted by atomic mass is 10.3. The fraction of sp³-hybridized carbons (Fsp3) is 0.167. The Labute approximate surface area is 113 Å². The van der Waals surface area contributed by atoms with Crippen molar-refractivity contribution in [3.8, 4) is 10.6 Å². The summed E-state index contributed by atoms with van der Waals surface area (Å²) < 4.78 is 6.70. The number of ether oxygens (including phenoxy) is 1. The van der Waals surface area contributed by atoms with Gasteiger partial charge in [0.1, 0.15) is 10.8 Å². The van der Waals surface area contributed by atoms with E-state index in [0.29, 0.717) is 11.8 Å². The second-order valence-electron chi connectivity index (χ2n) is 3.78. The van der Waals surface area contributed by atoms with Gasteiger partial charge in [0.25, 0.3) is 0 Å². The number of hydrogen-bond acceptors (Lipinski definition) is 4. The van der Waals surface area contributed by atoms with Crippen LogP contribution in [0.5, 0.6) is 0 Å². The van der Waals surface area contributed by atoms with Crippen molar-refractivity contribution in [2.24, 2.45) is 0 Å². The predicted molar refractivity (Wildman–Crippen MR) is 72.0 cm³/mol. The Balaban J connectivity index is 2.14. The zero-order valence-electron chi connectivity index (χ0n) is 9.63. The van der Waals surface area contributed by atoms with Gasteiger partial charge in [0.15, 0.2) is 5.65 Å². The molecule has 3 rings (SSSR count). The van der Waals surface area contributed by atoms with Gasteiger partial charge >= 0.3 is 0 Å². The first-order valence-corrected chi connectivity index (χ1v) is 6.61. The summed E-state index contributed by atoms with van der Waals surface area (Å²) >= 11 is 7.82. The van der Waals surface area contributed by atoms with Gasteiger partial charge in [0, 0.05) is 13.2 Å². The number of aromatic nitrogens is 3. The topological polar surface area (TPSA) is 39.4 Å². The lowest BCUT2D eigenvalue weighted by molar-refractivity contribution is 0.181. The highest BCUT2D eigenvalue weighted by Crippen LogP contribution is 2.25. The molecule has 0 atom stereocenters. The molecule has 0 N–H and O–H groups in total. The maximum atomic E-state index is 6.18. The molecule has 0 saturated heterocycles. The monoisotopic (exact) mass is 279 g/mol. The first kappa shape index (κ1) is 11.6. The molecule has 0 spiro atoms. The third kappa shape index (κ3) is 2.01.